The molecule has 3 rings (SSSR count). The second-order valence-electron chi connectivity index (χ2n) is 4.00. The Kier molecular flexibility index (Phi) is 2.45. The lowest BCUT2D eigenvalue weighted by Crippen LogP contribution is -2.35. The Labute approximate surface area is 108 Å². The van der Waals surface area contributed by atoms with Crippen LogP contribution >= 0.6 is 11.3 Å². The number of carbonyl (C=O) groups excluding carboxylic acids is 1. The maximum Gasteiger partial charge on any atom is 0.264 e. The molecule has 0 unspecified atom stereocenters. The summed E-state index contributed by atoms with van der Waals surface area (Å²) in [6.45, 7) is 0.0903. The number of benzene rings is 1. The van der Waals surface area contributed by atoms with E-state index in [1.165, 1.54) is 11.3 Å². The molecule has 0 atom stereocenters. The molecule has 1 amide bonds. The minimum Gasteiger partial charge on any atom is -0.482 e. The monoisotopic (exact) mass is 261 g/mol. The van der Waals surface area contributed by atoms with Gasteiger partial charge in [0.15, 0.2) is 6.61 Å². The van der Waals surface area contributed by atoms with E-state index >= 15 is 0 Å². The molecule has 0 aliphatic carbocycles. The number of nitrogens with zero attached hydrogens (tertiary/aromatic N) is 2. The van der Waals surface area contributed by atoms with Crippen LogP contribution in [0.3, 0.4) is 0 Å². The van der Waals surface area contributed by atoms with Crippen LogP contribution < -0.4 is 15.4 Å². The van der Waals surface area contributed by atoms with Crippen LogP contribution in [0, 0.1) is 0 Å². The number of hydrogen-bond acceptors (Lipinski definition) is 5. The van der Waals surface area contributed by atoms with E-state index in [2.05, 4.69) is 4.98 Å². The summed E-state index contributed by atoms with van der Waals surface area (Å²) in [4.78, 5) is 17.4. The van der Waals surface area contributed by atoms with Gasteiger partial charge in [-0.05, 0) is 18.2 Å². The average molecular weight is 261 g/mol. The van der Waals surface area contributed by atoms with E-state index in [0.29, 0.717) is 11.6 Å². The van der Waals surface area contributed by atoms with E-state index in [9.17, 15) is 4.79 Å². The normalized spacial score (nSPS) is 14.3. The highest BCUT2D eigenvalue weighted by Crippen LogP contribution is 2.36. The van der Waals surface area contributed by atoms with Gasteiger partial charge in [-0.25, -0.2) is 4.98 Å². The van der Waals surface area contributed by atoms with Gasteiger partial charge >= 0.3 is 0 Å². The molecule has 1 aromatic carbocycles. The molecule has 0 saturated carbocycles. The topological polar surface area (TPSA) is 68.5 Å². The zero-order valence-corrected chi connectivity index (χ0v) is 10.5. The van der Waals surface area contributed by atoms with E-state index in [-0.39, 0.29) is 12.5 Å². The van der Waals surface area contributed by atoms with Gasteiger partial charge in [-0.3, -0.25) is 4.79 Å². The van der Waals surface area contributed by atoms with E-state index < -0.39 is 0 Å². The van der Waals surface area contributed by atoms with Gasteiger partial charge in [0, 0.05) is 18.0 Å². The fourth-order valence-electron chi connectivity index (χ4n) is 1.82. The first-order valence-corrected chi connectivity index (χ1v) is 6.28. The van der Waals surface area contributed by atoms with Crippen LogP contribution in [0.4, 0.5) is 11.5 Å². The van der Waals surface area contributed by atoms with Gasteiger partial charge in [0.25, 0.3) is 5.91 Å². The van der Waals surface area contributed by atoms with Crippen molar-refractivity contribution in [1.29, 1.82) is 0 Å². The van der Waals surface area contributed by atoms with Gasteiger partial charge in [-0.15, -0.1) is 11.3 Å². The number of likely N-dealkylation sites (N-methyl/N-ethyl adjacent to an activating group) is 1. The molecule has 2 heterocycles. The average Bonchev–Trinajstić information content (AvgIpc) is 2.80. The fourth-order valence-corrected chi connectivity index (χ4v) is 2.53. The Bertz CT molecular complexity index is 624. The molecule has 5 nitrogen and oxygen atoms in total. The summed E-state index contributed by atoms with van der Waals surface area (Å²) < 4.78 is 5.37. The van der Waals surface area contributed by atoms with Crippen molar-refractivity contribution in [2.45, 2.75) is 0 Å². The van der Waals surface area contributed by atoms with Crippen LogP contribution in [-0.2, 0) is 4.79 Å². The number of amides is 1. The van der Waals surface area contributed by atoms with E-state index in [1.807, 2.05) is 18.2 Å². The number of fused-ring (bicyclic) bond motifs is 1. The zero-order valence-electron chi connectivity index (χ0n) is 9.71. The molecule has 0 bridgehead atoms. The Morgan fingerprint density at radius 3 is 3.06 bits per heavy atom. The largest absolute Gasteiger partial charge is 0.482 e. The SMILES string of the molecule is CN1C(=O)COc2ccc(-c3nc(N)cs3)cc21. The van der Waals surface area contributed by atoms with Crippen LogP contribution in [0.2, 0.25) is 0 Å². The minimum absolute atomic E-state index is 0.0571. The molecule has 2 aromatic rings. The van der Waals surface area contributed by atoms with Crippen LogP contribution in [0.15, 0.2) is 23.6 Å². The minimum atomic E-state index is -0.0571. The van der Waals surface area contributed by atoms with E-state index in [4.69, 9.17) is 10.5 Å². The molecule has 1 aromatic heterocycles. The molecule has 0 saturated heterocycles. The summed E-state index contributed by atoms with van der Waals surface area (Å²) >= 11 is 1.47. The van der Waals surface area contributed by atoms with E-state index in [1.54, 1.807) is 17.3 Å². The third-order valence-electron chi connectivity index (χ3n) is 2.81. The van der Waals surface area contributed by atoms with Gasteiger partial charge in [-0.1, -0.05) is 0 Å². The molecule has 18 heavy (non-hydrogen) atoms. The lowest BCUT2D eigenvalue weighted by molar-refractivity contribution is -0.120. The molecule has 0 spiro atoms. The van der Waals surface area contributed by atoms with Crippen molar-refractivity contribution in [2.24, 2.45) is 0 Å². The van der Waals surface area contributed by atoms with Gasteiger partial charge < -0.3 is 15.4 Å². The molecular weight excluding hydrogens is 250 g/mol. The van der Waals surface area contributed by atoms with Crippen molar-refractivity contribution < 1.29 is 9.53 Å². The first kappa shape index (κ1) is 11.0. The maximum atomic E-state index is 11.6. The standard InChI is InChI=1S/C12H11N3O2S/c1-15-8-4-7(12-14-10(13)6-18-12)2-3-9(8)17-5-11(15)16/h2-4,6H,5,13H2,1H3. The van der Waals surface area contributed by atoms with Crippen molar-refractivity contribution in [3.8, 4) is 16.3 Å². The molecule has 6 heteroatoms. The highest BCUT2D eigenvalue weighted by Gasteiger charge is 2.22. The molecule has 0 fully saturated rings. The van der Waals surface area contributed by atoms with Crippen molar-refractivity contribution in [2.75, 3.05) is 24.3 Å². The van der Waals surface area contributed by atoms with Gasteiger partial charge in [-0.2, -0.15) is 0 Å². The first-order valence-electron chi connectivity index (χ1n) is 5.40. The number of carbonyl (C=O) groups is 1. The fraction of sp³-hybridized carbons (Fsp3) is 0.167. The summed E-state index contributed by atoms with van der Waals surface area (Å²) in [5.41, 5.74) is 7.31. The van der Waals surface area contributed by atoms with Gasteiger partial charge in [0.2, 0.25) is 0 Å². The predicted molar refractivity (Wildman–Crippen MR) is 70.9 cm³/mol. The first-order chi connectivity index (χ1) is 8.65. The van der Waals surface area contributed by atoms with Gasteiger partial charge in [0.1, 0.15) is 16.6 Å². The van der Waals surface area contributed by atoms with Crippen molar-refractivity contribution in [3.05, 3.63) is 23.6 Å². The Balaban J connectivity index is 2.07. The van der Waals surface area contributed by atoms with Crippen molar-refractivity contribution in [1.82, 2.24) is 4.98 Å². The summed E-state index contributed by atoms with van der Waals surface area (Å²) in [6, 6.07) is 5.66. The lowest BCUT2D eigenvalue weighted by Gasteiger charge is -2.26. The summed E-state index contributed by atoms with van der Waals surface area (Å²) in [5, 5.41) is 2.63. The third-order valence-corrected chi connectivity index (χ3v) is 3.72. The highest BCUT2D eigenvalue weighted by atomic mass is 32.1. The Hall–Kier alpha value is -2.08. The molecule has 2 N–H and O–H groups in total. The second kappa shape index (κ2) is 3.99. The number of nitrogen functional groups attached to an aromatic ring is 1. The second-order valence-corrected chi connectivity index (χ2v) is 4.86. The maximum absolute atomic E-state index is 11.6. The van der Waals surface area contributed by atoms with Crippen LogP contribution in [0.25, 0.3) is 10.6 Å². The summed E-state index contributed by atoms with van der Waals surface area (Å²) in [6.07, 6.45) is 0. The molecular formula is C12H11N3O2S. The quantitative estimate of drug-likeness (QED) is 0.849. The number of aromatic nitrogens is 1. The van der Waals surface area contributed by atoms with E-state index in [0.717, 1.165) is 16.3 Å². The number of thiazole rings is 1. The van der Waals surface area contributed by atoms with Crippen LogP contribution in [0.1, 0.15) is 0 Å². The van der Waals surface area contributed by atoms with Crippen molar-refractivity contribution >= 4 is 28.7 Å². The smallest absolute Gasteiger partial charge is 0.264 e. The number of ether oxygens (including phenoxy) is 1. The lowest BCUT2D eigenvalue weighted by atomic mass is 10.1. The summed E-state index contributed by atoms with van der Waals surface area (Å²) in [7, 11) is 1.74. The molecule has 1 aliphatic heterocycles. The Morgan fingerprint density at radius 1 is 1.50 bits per heavy atom. The number of hydrogen-bond donors (Lipinski definition) is 1. The third kappa shape index (κ3) is 1.70. The molecule has 92 valence electrons. The van der Waals surface area contributed by atoms with Gasteiger partial charge in [0.05, 0.1) is 5.69 Å². The Morgan fingerprint density at radius 2 is 2.33 bits per heavy atom. The van der Waals surface area contributed by atoms with Crippen LogP contribution in [0.5, 0.6) is 5.75 Å². The molecule has 1 aliphatic rings. The summed E-state index contributed by atoms with van der Waals surface area (Å²) in [5.74, 6) is 1.16. The predicted octanol–water partition coefficient (Wildman–Crippen LogP) is 1.75. The number of nitrogens with two attached hydrogens (primary N) is 1. The number of anilines is 2. The molecule has 0 radical (unpaired) electrons. The zero-order chi connectivity index (χ0) is 12.7. The van der Waals surface area contributed by atoms with Crippen molar-refractivity contribution in [3.63, 3.8) is 0 Å². The highest BCUT2D eigenvalue weighted by molar-refractivity contribution is 7.13. The number of rotatable bonds is 1. The van der Waals surface area contributed by atoms with Crippen LogP contribution in [-0.4, -0.2) is 24.5 Å².